The quantitative estimate of drug-likeness (QED) is 0.189. The van der Waals surface area contributed by atoms with Gasteiger partial charge in [0, 0.05) is 13.1 Å². The molecule has 0 aliphatic carbocycles. The summed E-state index contributed by atoms with van der Waals surface area (Å²) in [7, 11) is -6.34. The Morgan fingerprint density at radius 3 is 1.00 bits per heavy atom. The van der Waals surface area contributed by atoms with Crippen LogP contribution in [0.1, 0.15) is 11.1 Å². The van der Waals surface area contributed by atoms with Gasteiger partial charge in [-0.1, -0.05) is 97.1 Å². The Bertz CT molecular complexity index is 1350. The van der Waals surface area contributed by atoms with E-state index in [1.165, 1.54) is 11.1 Å². The summed E-state index contributed by atoms with van der Waals surface area (Å²) in [5.74, 6) is 0.262. The second-order valence-electron chi connectivity index (χ2n) is 9.24. The number of benzene rings is 4. The van der Waals surface area contributed by atoms with E-state index in [2.05, 4.69) is 34.9 Å². The predicted molar refractivity (Wildman–Crippen MR) is 181 cm³/mol. The molecule has 0 radical (unpaired) electrons. The highest BCUT2D eigenvalue weighted by atomic mass is 35.5. The molecule has 0 spiro atoms. The Balaban J connectivity index is 0.000000767. The summed E-state index contributed by atoms with van der Waals surface area (Å²) in [6, 6.07) is 37.5. The topological polar surface area (TPSA) is 124 Å². The van der Waals surface area contributed by atoms with Crippen molar-refractivity contribution in [3.05, 3.63) is 132 Å². The molecule has 0 bridgehead atoms. The molecule has 4 rings (SSSR count). The molecule has 0 unspecified atom stereocenters. The van der Waals surface area contributed by atoms with Crippen LogP contribution >= 0.6 is 24.8 Å². The minimum Gasteiger partial charge on any atom is -0.412 e. The normalized spacial score (nSPS) is 10.6. The van der Waals surface area contributed by atoms with Gasteiger partial charge in [0.25, 0.3) is 0 Å². The lowest BCUT2D eigenvalue weighted by Gasteiger charge is -2.06. The highest BCUT2D eigenvalue weighted by Crippen LogP contribution is 2.10. The summed E-state index contributed by atoms with van der Waals surface area (Å²) in [6.45, 7) is 2.52. The molecule has 43 heavy (non-hydrogen) atoms. The van der Waals surface area contributed by atoms with Crippen LogP contribution in [-0.4, -0.2) is 60.0 Å². The first kappa shape index (κ1) is 40.2. The fourth-order valence-electron chi connectivity index (χ4n) is 3.91. The van der Waals surface area contributed by atoms with Gasteiger partial charge in [0.15, 0.2) is 19.7 Å². The van der Waals surface area contributed by atoms with Crippen molar-refractivity contribution in [1.29, 1.82) is 0 Å². The zero-order chi connectivity index (χ0) is 28.5. The number of hydrogen-bond acceptors (Lipinski definition) is 6. The minimum atomic E-state index is -3.17. The van der Waals surface area contributed by atoms with E-state index >= 15 is 0 Å². The predicted octanol–water partition coefficient (Wildman–Crippen LogP) is 4.60. The van der Waals surface area contributed by atoms with Gasteiger partial charge in [0.2, 0.25) is 0 Å². The van der Waals surface area contributed by atoms with Gasteiger partial charge in [0.1, 0.15) is 0 Å². The molecule has 236 valence electrons. The van der Waals surface area contributed by atoms with Crippen molar-refractivity contribution in [3.63, 3.8) is 0 Å². The van der Waals surface area contributed by atoms with Gasteiger partial charge in [-0.3, -0.25) is 0 Å². The second kappa shape index (κ2) is 21.9. The summed E-state index contributed by atoms with van der Waals surface area (Å²) >= 11 is 0. The third-order valence-corrected chi connectivity index (χ3v) is 9.63. The maximum atomic E-state index is 12.0. The lowest BCUT2D eigenvalue weighted by atomic mass is 10.1. The standard InChI is InChI=1S/2C16H19NO2S.2ClH.H2O/c2*18-20(19,16-9-5-2-6-10-16)14-13-17-12-11-15-7-3-1-4-8-15;;;/h2*1-10,17H,11-14H2;2*1H;1H2. The Labute approximate surface area is 269 Å². The summed E-state index contributed by atoms with van der Waals surface area (Å²) < 4.78 is 48.1. The van der Waals surface area contributed by atoms with Crippen LogP contribution < -0.4 is 10.6 Å². The summed E-state index contributed by atoms with van der Waals surface area (Å²) in [6.07, 6.45) is 1.82. The molecule has 4 aromatic carbocycles. The lowest BCUT2D eigenvalue weighted by molar-refractivity contribution is 0.589. The monoisotopic (exact) mass is 668 g/mol. The second-order valence-corrected chi connectivity index (χ2v) is 13.5. The van der Waals surface area contributed by atoms with E-state index in [1.54, 1.807) is 48.5 Å². The van der Waals surface area contributed by atoms with Crippen LogP contribution in [0, 0.1) is 0 Å². The van der Waals surface area contributed by atoms with Crippen molar-refractivity contribution >= 4 is 44.5 Å². The SMILES string of the molecule is Cl.Cl.O.O=S(=O)(CCNCCc1ccccc1)c1ccccc1.O=S(=O)(CCNCCc1ccccc1)c1ccccc1. The Morgan fingerprint density at radius 2 is 0.698 bits per heavy atom. The maximum absolute atomic E-state index is 12.0. The molecule has 0 amide bonds. The van der Waals surface area contributed by atoms with Crippen molar-refractivity contribution < 1.29 is 22.3 Å². The molecule has 0 fully saturated rings. The zero-order valence-corrected chi connectivity index (χ0v) is 27.2. The number of sulfone groups is 2. The van der Waals surface area contributed by atoms with Crippen LogP contribution in [0.3, 0.4) is 0 Å². The lowest BCUT2D eigenvalue weighted by Crippen LogP contribution is -2.25. The van der Waals surface area contributed by atoms with Crippen molar-refractivity contribution in [2.45, 2.75) is 22.6 Å². The molecule has 0 aliphatic heterocycles. The number of hydrogen-bond donors (Lipinski definition) is 2. The summed E-state index contributed by atoms with van der Waals surface area (Å²) in [5.41, 5.74) is 2.51. The van der Waals surface area contributed by atoms with Gasteiger partial charge in [0.05, 0.1) is 21.3 Å². The average Bonchev–Trinajstić information content (AvgIpc) is 2.99. The first-order valence-corrected chi connectivity index (χ1v) is 16.7. The van der Waals surface area contributed by atoms with E-state index in [1.807, 2.05) is 48.5 Å². The van der Waals surface area contributed by atoms with Crippen LogP contribution in [0.2, 0.25) is 0 Å². The van der Waals surface area contributed by atoms with E-state index in [4.69, 9.17) is 0 Å². The molecule has 4 N–H and O–H groups in total. The van der Waals surface area contributed by atoms with Gasteiger partial charge in [-0.15, -0.1) is 24.8 Å². The molecule has 0 heterocycles. The van der Waals surface area contributed by atoms with Crippen molar-refractivity contribution in [3.8, 4) is 0 Å². The molecule has 4 aromatic rings. The van der Waals surface area contributed by atoms with Crippen LogP contribution in [0.25, 0.3) is 0 Å². The number of nitrogens with one attached hydrogen (secondary N) is 2. The Morgan fingerprint density at radius 1 is 0.419 bits per heavy atom. The molecule has 0 aliphatic rings. The van der Waals surface area contributed by atoms with Gasteiger partial charge in [-0.2, -0.15) is 0 Å². The smallest absolute Gasteiger partial charge is 0.179 e. The molecule has 11 heteroatoms. The average molecular weight is 670 g/mol. The summed E-state index contributed by atoms with van der Waals surface area (Å²) in [5, 5.41) is 6.36. The van der Waals surface area contributed by atoms with Crippen LogP contribution in [-0.2, 0) is 32.5 Å². The maximum Gasteiger partial charge on any atom is 0.179 e. The van der Waals surface area contributed by atoms with Gasteiger partial charge < -0.3 is 16.1 Å². The molecular formula is C32H42Cl2N2O5S2. The molecule has 0 atom stereocenters. The first-order chi connectivity index (χ1) is 19.4. The largest absolute Gasteiger partial charge is 0.412 e. The third-order valence-electron chi connectivity index (χ3n) is 6.17. The highest BCUT2D eigenvalue weighted by molar-refractivity contribution is 7.91. The van der Waals surface area contributed by atoms with E-state index < -0.39 is 19.7 Å². The molecular weight excluding hydrogens is 627 g/mol. The van der Waals surface area contributed by atoms with E-state index in [9.17, 15) is 16.8 Å². The molecule has 0 saturated heterocycles. The first-order valence-electron chi connectivity index (χ1n) is 13.4. The number of rotatable bonds is 14. The fourth-order valence-corrected chi connectivity index (χ4v) is 6.35. The molecule has 0 saturated carbocycles. The van der Waals surface area contributed by atoms with Crippen molar-refractivity contribution in [2.24, 2.45) is 0 Å². The fraction of sp³-hybridized carbons (Fsp3) is 0.250. The Kier molecular flexibility index (Phi) is 20.5. The van der Waals surface area contributed by atoms with E-state index in [-0.39, 0.29) is 41.8 Å². The number of halogens is 2. The van der Waals surface area contributed by atoms with E-state index in [0.29, 0.717) is 22.9 Å². The summed E-state index contributed by atoms with van der Waals surface area (Å²) in [4.78, 5) is 0.787. The molecule has 0 aromatic heterocycles. The zero-order valence-electron chi connectivity index (χ0n) is 24.0. The third kappa shape index (κ3) is 15.5. The van der Waals surface area contributed by atoms with Crippen LogP contribution in [0.5, 0.6) is 0 Å². The van der Waals surface area contributed by atoms with E-state index in [0.717, 1.165) is 25.9 Å². The van der Waals surface area contributed by atoms with Crippen molar-refractivity contribution in [1.82, 2.24) is 10.6 Å². The van der Waals surface area contributed by atoms with Crippen LogP contribution in [0.4, 0.5) is 0 Å². The van der Waals surface area contributed by atoms with Crippen LogP contribution in [0.15, 0.2) is 131 Å². The highest BCUT2D eigenvalue weighted by Gasteiger charge is 2.13. The van der Waals surface area contributed by atoms with Gasteiger partial charge >= 0.3 is 0 Å². The Hall–Kier alpha value is -2.76. The molecule has 7 nitrogen and oxygen atoms in total. The van der Waals surface area contributed by atoms with Gasteiger partial charge in [-0.05, 0) is 61.3 Å². The minimum absolute atomic E-state index is 0. The van der Waals surface area contributed by atoms with Gasteiger partial charge in [-0.25, -0.2) is 16.8 Å². The van der Waals surface area contributed by atoms with Crippen molar-refractivity contribution in [2.75, 3.05) is 37.7 Å².